The van der Waals surface area contributed by atoms with Gasteiger partial charge in [-0.1, -0.05) is 6.07 Å². The minimum absolute atomic E-state index is 0.0733. The van der Waals surface area contributed by atoms with Crippen LogP contribution in [-0.2, 0) is 0 Å². The van der Waals surface area contributed by atoms with Crippen molar-refractivity contribution < 1.29 is 4.79 Å². The summed E-state index contributed by atoms with van der Waals surface area (Å²) in [5.41, 5.74) is 1.71. The monoisotopic (exact) mass is 355 g/mol. The molecule has 7 heteroatoms. The first-order valence-electron chi connectivity index (χ1n) is 8.09. The maximum atomic E-state index is 12.6. The van der Waals surface area contributed by atoms with Gasteiger partial charge in [-0.2, -0.15) is 0 Å². The van der Waals surface area contributed by atoms with Crippen molar-refractivity contribution >= 4 is 33.4 Å². The van der Waals surface area contributed by atoms with Crippen molar-refractivity contribution in [2.75, 3.05) is 5.32 Å². The van der Waals surface area contributed by atoms with Crippen LogP contribution in [0.25, 0.3) is 10.2 Å². The molecule has 3 heterocycles. The third kappa shape index (κ3) is 4.11. The molecule has 0 aliphatic heterocycles. The molecule has 1 amide bonds. The van der Waals surface area contributed by atoms with Crippen LogP contribution in [-0.4, -0.2) is 26.4 Å². The van der Waals surface area contributed by atoms with Gasteiger partial charge in [-0.15, -0.1) is 11.3 Å². The van der Waals surface area contributed by atoms with Crippen molar-refractivity contribution in [2.45, 2.75) is 39.3 Å². The van der Waals surface area contributed by atoms with Gasteiger partial charge in [0, 0.05) is 11.7 Å². The van der Waals surface area contributed by atoms with Crippen molar-refractivity contribution in [1.29, 1.82) is 0 Å². The first kappa shape index (κ1) is 17.3. The molecule has 0 radical (unpaired) electrons. The van der Waals surface area contributed by atoms with Crippen LogP contribution in [0, 0.1) is 0 Å². The third-order valence-corrected chi connectivity index (χ3v) is 4.39. The lowest BCUT2D eigenvalue weighted by molar-refractivity contribution is 0.0916. The van der Waals surface area contributed by atoms with Gasteiger partial charge in [0.15, 0.2) is 5.69 Å². The molecule has 0 aliphatic carbocycles. The predicted molar refractivity (Wildman–Crippen MR) is 101 cm³/mol. The standard InChI is InChI=1S/C18H21N5OS/c1-11(12-7-5-6-9-19-12)20-17-21-13-8-10-25-15(13)14(22-17)16(24)23-18(2,3)4/h5-11H,1-4H3,(H,23,24)(H,20,21,22)/t11-/m0/s1. The fourth-order valence-corrected chi connectivity index (χ4v) is 3.20. The molecule has 0 saturated carbocycles. The van der Waals surface area contributed by atoms with Crippen molar-refractivity contribution in [1.82, 2.24) is 20.3 Å². The maximum absolute atomic E-state index is 12.6. The number of rotatable bonds is 4. The topological polar surface area (TPSA) is 79.8 Å². The molecule has 6 nitrogen and oxygen atoms in total. The van der Waals surface area contributed by atoms with Gasteiger partial charge in [0.05, 0.1) is 22.0 Å². The zero-order valence-corrected chi connectivity index (χ0v) is 15.5. The number of pyridine rings is 1. The van der Waals surface area contributed by atoms with Gasteiger partial charge in [0.1, 0.15) is 0 Å². The zero-order chi connectivity index (χ0) is 18.0. The number of nitrogens with one attached hydrogen (secondary N) is 2. The summed E-state index contributed by atoms with van der Waals surface area (Å²) >= 11 is 1.47. The molecule has 0 aliphatic rings. The van der Waals surface area contributed by atoms with Crippen LogP contribution >= 0.6 is 11.3 Å². The minimum Gasteiger partial charge on any atom is -0.346 e. The minimum atomic E-state index is -0.333. The molecule has 0 unspecified atom stereocenters. The number of anilines is 1. The van der Waals surface area contributed by atoms with Gasteiger partial charge in [-0.3, -0.25) is 9.78 Å². The number of carbonyl (C=O) groups is 1. The second-order valence-electron chi connectivity index (χ2n) is 6.86. The molecule has 3 aromatic rings. The van der Waals surface area contributed by atoms with E-state index in [0.29, 0.717) is 11.6 Å². The van der Waals surface area contributed by atoms with Crippen LogP contribution in [0.3, 0.4) is 0 Å². The van der Waals surface area contributed by atoms with Crippen molar-refractivity contribution in [3.8, 4) is 0 Å². The van der Waals surface area contributed by atoms with Gasteiger partial charge >= 0.3 is 0 Å². The van der Waals surface area contributed by atoms with E-state index in [1.54, 1.807) is 6.20 Å². The Labute approximate surface area is 150 Å². The van der Waals surface area contributed by atoms with E-state index >= 15 is 0 Å². The van der Waals surface area contributed by atoms with Crippen molar-refractivity contribution in [2.24, 2.45) is 0 Å². The fourth-order valence-electron chi connectivity index (χ4n) is 2.38. The highest BCUT2D eigenvalue weighted by Crippen LogP contribution is 2.25. The normalized spacial score (nSPS) is 12.8. The molecular weight excluding hydrogens is 334 g/mol. The van der Waals surface area contributed by atoms with E-state index in [0.717, 1.165) is 15.9 Å². The van der Waals surface area contributed by atoms with Gasteiger partial charge in [0.25, 0.3) is 5.91 Å². The molecule has 3 aromatic heterocycles. The number of fused-ring (bicyclic) bond motifs is 1. The Morgan fingerprint density at radius 2 is 2.00 bits per heavy atom. The summed E-state index contributed by atoms with van der Waals surface area (Å²) in [5.74, 6) is 0.221. The molecule has 3 rings (SSSR count). The number of amides is 1. The molecule has 0 saturated heterocycles. The van der Waals surface area contributed by atoms with Crippen LogP contribution in [0.4, 0.5) is 5.95 Å². The van der Waals surface area contributed by atoms with E-state index in [2.05, 4.69) is 25.6 Å². The Balaban J connectivity index is 1.93. The van der Waals surface area contributed by atoms with Gasteiger partial charge in [-0.25, -0.2) is 9.97 Å². The van der Waals surface area contributed by atoms with Gasteiger partial charge in [-0.05, 0) is 51.3 Å². The van der Waals surface area contributed by atoms with Gasteiger partial charge < -0.3 is 10.6 Å². The molecule has 1 atom stereocenters. The lowest BCUT2D eigenvalue weighted by Gasteiger charge is -2.20. The molecule has 0 spiro atoms. The smallest absolute Gasteiger partial charge is 0.271 e. The van der Waals surface area contributed by atoms with E-state index in [4.69, 9.17) is 0 Å². The Kier molecular flexibility index (Phi) is 4.67. The molecule has 25 heavy (non-hydrogen) atoms. The predicted octanol–water partition coefficient (Wildman–Crippen LogP) is 3.79. The zero-order valence-electron chi connectivity index (χ0n) is 14.7. The van der Waals surface area contributed by atoms with Crippen LogP contribution in [0.2, 0.25) is 0 Å². The van der Waals surface area contributed by atoms with Crippen LogP contribution in [0.5, 0.6) is 0 Å². The third-order valence-electron chi connectivity index (χ3n) is 3.48. The van der Waals surface area contributed by atoms with E-state index in [1.807, 2.05) is 57.3 Å². The molecule has 2 N–H and O–H groups in total. The first-order chi connectivity index (χ1) is 11.8. The number of nitrogens with zero attached hydrogens (tertiary/aromatic N) is 3. The average Bonchev–Trinajstić information content (AvgIpc) is 3.01. The Morgan fingerprint density at radius 3 is 2.68 bits per heavy atom. The fraction of sp³-hybridized carbons (Fsp3) is 0.333. The number of hydrogen-bond acceptors (Lipinski definition) is 6. The summed E-state index contributed by atoms with van der Waals surface area (Å²) in [6, 6.07) is 7.57. The van der Waals surface area contributed by atoms with E-state index in [9.17, 15) is 4.79 Å². The SMILES string of the molecule is C[C@H](Nc1nc(C(=O)NC(C)(C)C)c2sccc2n1)c1ccccn1. The largest absolute Gasteiger partial charge is 0.346 e. The number of thiophene rings is 1. The van der Waals surface area contributed by atoms with Crippen LogP contribution < -0.4 is 10.6 Å². The van der Waals surface area contributed by atoms with Crippen molar-refractivity contribution in [3.63, 3.8) is 0 Å². The summed E-state index contributed by atoms with van der Waals surface area (Å²) in [4.78, 5) is 26.0. The highest BCUT2D eigenvalue weighted by molar-refractivity contribution is 7.17. The van der Waals surface area contributed by atoms with Crippen LogP contribution in [0.1, 0.15) is 49.9 Å². The maximum Gasteiger partial charge on any atom is 0.271 e. The summed E-state index contributed by atoms with van der Waals surface area (Å²) in [5, 5.41) is 8.12. The number of hydrogen-bond donors (Lipinski definition) is 2. The lowest BCUT2D eigenvalue weighted by Crippen LogP contribution is -2.41. The lowest BCUT2D eigenvalue weighted by atomic mass is 10.1. The van der Waals surface area contributed by atoms with Crippen molar-refractivity contribution in [3.05, 3.63) is 47.2 Å². The van der Waals surface area contributed by atoms with E-state index < -0.39 is 0 Å². The molecular formula is C18H21N5OS. The highest BCUT2D eigenvalue weighted by atomic mass is 32.1. The average molecular weight is 355 g/mol. The summed E-state index contributed by atoms with van der Waals surface area (Å²) in [7, 11) is 0. The Hall–Kier alpha value is -2.54. The number of carbonyl (C=O) groups excluding carboxylic acids is 1. The first-order valence-corrected chi connectivity index (χ1v) is 8.97. The Morgan fingerprint density at radius 1 is 1.20 bits per heavy atom. The van der Waals surface area contributed by atoms with E-state index in [-0.39, 0.29) is 17.5 Å². The second-order valence-corrected chi connectivity index (χ2v) is 7.77. The van der Waals surface area contributed by atoms with Gasteiger partial charge in [0.2, 0.25) is 5.95 Å². The molecule has 130 valence electrons. The molecule has 0 bridgehead atoms. The molecule has 0 aromatic carbocycles. The Bertz CT molecular complexity index is 885. The van der Waals surface area contributed by atoms with Crippen LogP contribution in [0.15, 0.2) is 35.8 Å². The summed E-state index contributed by atoms with van der Waals surface area (Å²) < 4.78 is 0.790. The molecule has 0 fully saturated rings. The quantitative estimate of drug-likeness (QED) is 0.744. The van der Waals surface area contributed by atoms with E-state index in [1.165, 1.54) is 11.3 Å². The highest BCUT2D eigenvalue weighted by Gasteiger charge is 2.21. The second kappa shape index (κ2) is 6.76. The summed E-state index contributed by atoms with van der Waals surface area (Å²) in [6.45, 7) is 7.82. The summed E-state index contributed by atoms with van der Waals surface area (Å²) in [6.07, 6.45) is 1.75. The number of aromatic nitrogens is 3.